The van der Waals surface area contributed by atoms with Gasteiger partial charge in [-0.05, 0) is 19.4 Å². The van der Waals surface area contributed by atoms with Crippen LogP contribution in [-0.4, -0.2) is 16.1 Å². The fraction of sp³-hybridized carbons (Fsp3) is 0.400. The van der Waals surface area contributed by atoms with E-state index in [1.54, 1.807) is 13.8 Å². The minimum Gasteiger partial charge on any atom is -0.481 e. The van der Waals surface area contributed by atoms with Gasteiger partial charge in [0.25, 0.3) is 0 Å². The first-order valence-corrected chi connectivity index (χ1v) is 5.22. The van der Waals surface area contributed by atoms with Crippen LogP contribution in [0.1, 0.15) is 26.0 Å². The largest absolute Gasteiger partial charge is 0.481 e. The number of carboxylic acid groups (broad SMARTS) is 1. The van der Waals surface area contributed by atoms with Crippen LogP contribution in [0.4, 0.5) is 0 Å². The van der Waals surface area contributed by atoms with E-state index in [2.05, 4.69) is 4.98 Å². The number of rotatable bonds is 3. The first-order chi connectivity index (χ1) is 6.91. The molecule has 3 nitrogen and oxygen atoms in total. The molecule has 0 aliphatic heterocycles. The average molecular weight is 248 g/mol. The summed E-state index contributed by atoms with van der Waals surface area (Å²) in [7, 11) is 0. The highest BCUT2D eigenvalue weighted by Gasteiger charge is 2.36. The molecular weight excluding hydrogens is 237 g/mol. The van der Waals surface area contributed by atoms with Crippen LogP contribution in [0.15, 0.2) is 12.3 Å². The van der Waals surface area contributed by atoms with Crippen LogP contribution in [-0.2, 0) is 10.2 Å². The van der Waals surface area contributed by atoms with Crippen LogP contribution in [0.5, 0.6) is 0 Å². The zero-order valence-corrected chi connectivity index (χ0v) is 9.93. The fourth-order valence-corrected chi connectivity index (χ4v) is 1.83. The van der Waals surface area contributed by atoms with Gasteiger partial charge >= 0.3 is 5.97 Å². The molecule has 0 amide bonds. The van der Waals surface area contributed by atoms with Gasteiger partial charge in [-0.1, -0.05) is 30.1 Å². The topological polar surface area (TPSA) is 50.2 Å². The van der Waals surface area contributed by atoms with Gasteiger partial charge < -0.3 is 5.11 Å². The molecule has 0 radical (unpaired) electrons. The SMILES string of the molecule is CCC(C)(C(=O)O)c1ncc(Cl)cc1Cl. The standard InChI is InChI=1S/C10H11Cl2NO2/c1-3-10(2,9(14)15)8-7(12)4-6(11)5-13-8/h4-5H,3H2,1-2H3,(H,14,15). The van der Waals surface area contributed by atoms with Crippen LogP contribution in [0.25, 0.3) is 0 Å². The van der Waals surface area contributed by atoms with E-state index in [0.29, 0.717) is 17.1 Å². The second-order valence-corrected chi connectivity index (χ2v) is 4.32. The predicted octanol–water partition coefficient (Wildman–Crippen LogP) is 3.14. The number of nitrogens with zero attached hydrogens (tertiary/aromatic N) is 1. The monoisotopic (exact) mass is 247 g/mol. The van der Waals surface area contributed by atoms with Crippen molar-refractivity contribution < 1.29 is 9.90 Å². The molecule has 1 heterocycles. The van der Waals surface area contributed by atoms with Crippen LogP contribution in [0.3, 0.4) is 0 Å². The summed E-state index contributed by atoms with van der Waals surface area (Å²) in [5.74, 6) is -0.943. The maximum atomic E-state index is 11.2. The van der Waals surface area contributed by atoms with Crippen LogP contribution in [0, 0.1) is 0 Å². The maximum absolute atomic E-state index is 11.2. The summed E-state index contributed by atoms with van der Waals surface area (Å²) in [6.45, 7) is 3.37. The molecule has 1 rings (SSSR count). The Hall–Kier alpha value is -0.800. The van der Waals surface area contributed by atoms with Crippen molar-refractivity contribution in [2.45, 2.75) is 25.7 Å². The number of pyridine rings is 1. The van der Waals surface area contributed by atoms with E-state index >= 15 is 0 Å². The average Bonchev–Trinajstić information content (AvgIpc) is 2.16. The quantitative estimate of drug-likeness (QED) is 0.893. The number of hydrogen-bond donors (Lipinski definition) is 1. The van der Waals surface area contributed by atoms with Gasteiger partial charge in [0.2, 0.25) is 0 Å². The van der Waals surface area contributed by atoms with Crippen molar-refractivity contribution in [3.05, 3.63) is 28.0 Å². The lowest BCUT2D eigenvalue weighted by Gasteiger charge is -2.23. The molecule has 0 saturated carbocycles. The van der Waals surface area contributed by atoms with Gasteiger partial charge in [-0.25, -0.2) is 0 Å². The van der Waals surface area contributed by atoms with Gasteiger partial charge in [0, 0.05) is 6.20 Å². The molecule has 0 spiro atoms. The Morgan fingerprint density at radius 2 is 2.20 bits per heavy atom. The molecular formula is C10H11Cl2NO2. The molecule has 0 aromatic carbocycles. The smallest absolute Gasteiger partial charge is 0.315 e. The number of aliphatic carboxylic acids is 1. The van der Waals surface area contributed by atoms with Gasteiger partial charge in [-0.3, -0.25) is 9.78 Å². The Morgan fingerprint density at radius 3 is 2.60 bits per heavy atom. The lowest BCUT2D eigenvalue weighted by molar-refractivity contribution is -0.143. The van der Waals surface area contributed by atoms with Crippen molar-refractivity contribution in [1.82, 2.24) is 4.98 Å². The lowest BCUT2D eigenvalue weighted by Crippen LogP contribution is -2.32. The molecule has 1 aromatic rings. The predicted molar refractivity (Wildman–Crippen MR) is 59.5 cm³/mol. The maximum Gasteiger partial charge on any atom is 0.315 e. The van der Waals surface area contributed by atoms with Crippen LogP contribution in [0.2, 0.25) is 10.0 Å². The van der Waals surface area contributed by atoms with Crippen molar-refractivity contribution in [1.29, 1.82) is 0 Å². The van der Waals surface area contributed by atoms with Gasteiger partial charge in [-0.2, -0.15) is 0 Å². The number of carboxylic acids is 1. The van der Waals surface area contributed by atoms with Gasteiger partial charge in [0.1, 0.15) is 5.41 Å². The molecule has 1 unspecified atom stereocenters. The highest BCUT2D eigenvalue weighted by Crippen LogP contribution is 2.32. The van der Waals surface area contributed by atoms with E-state index in [1.807, 2.05) is 0 Å². The van der Waals surface area contributed by atoms with Gasteiger partial charge in [0.05, 0.1) is 15.7 Å². The van der Waals surface area contributed by atoms with E-state index in [9.17, 15) is 4.79 Å². The minimum atomic E-state index is -1.07. The van der Waals surface area contributed by atoms with Crippen LogP contribution < -0.4 is 0 Å². The van der Waals surface area contributed by atoms with E-state index in [-0.39, 0.29) is 5.02 Å². The summed E-state index contributed by atoms with van der Waals surface area (Å²) in [4.78, 5) is 15.2. The Morgan fingerprint density at radius 1 is 1.60 bits per heavy atom. The molecule has 1 N–H and O–H groups in total. The summed E-state index contributed by atoms with van der Waals surface area (Å²) in [5, 5.41) is 9.83. The Kier molecular flexibility index (Phi) is 3.58. The second kappa shape index (κ2) is 4.37. The molecule has 0 bridgehead atoms. The molecule has 82 valence electrons. The first-order valence-electron chi connectivity index (χ1n) is 4.46. The third kappa shape index (κ3) is 2.24. The Balaban J connectivity index is 3.30. The van der Waals surface area contributed by atoms with Crippen molar-refractivity contribution in [2.75, 3.05) is 0 Å². The number of carbonyl (C=O) groups is 1. The molecule has 15 heavy (non-hydrogen) atoms. The highest BCUT2D eigenvalue weighted by molar-refractivity contribution is 6.35. The number of hydrogen-bond acceptors (Lipinski definition) is 2. The van der Waals surface area contributed by atoms with E-state index in [1.165, 1.54) is 12.3 Å². The van der Waals surface area contributed by atoms with E-state index in [4.69, 9.17) is 28.3 Å². The van der Waals surface area contributed by atoms with Crippen molar-refractivity contribution >= 4 is 29.2 Å². The number of halogens is 2. The highest BCUT2D eigenvalue weighted by atomic mass is 35.5. The van der Waals surface area contributed by atoms with E-state index < -0.39 is 11.4 Å². The summed E-state index contributed by atoms with van der Waals surface area (Å²) >= 11 is 11.6. The summed E-state index contributed by atoms with van der Waals surface area (Å²) in [6, 6.07) is 1.50. The lowest BCUT2D eigenvalue weighted by atomic mass is 9.83. The second-order valence-electron chi connectivity index (χ2n) is 3.47. The fourth-order valence-electron chi connectivity index (χ4n) is 1.24. The molecule has 0 aliphatic rings. The molecule has 0 saturated heterocycles. The minimum absolute atomic E-state index is 0.286. The van der Waals surface area contributed by atoms with E-state index in [0.717, 1.165) is 0 Å². The zero-order valence-electron chi connectivity index (χ0n) is 8.42. The Labute approximate surface area is 98.0 Å². The summed E-state index contributed by atoms with van der Waals surface area (Å²) in [6.07, 6.45) is 1.82. The molecule has 0 aliphatic carbocycles. The zero-order chi connectivity index (χ0) is 11.6. The molecule has 0 fully saturated rings. The van der Waals surface area contributed by atoms with Crippen LogP contribution >= 0.6 is 23.2 Å². The normalized spacial score (nSPS) is 14.7. The van der Waals surface area contributed by atoms with Gasteiger partial charge in [0.15, 0.2) is 0 Å². The van der Waals surface area contributed by atoms with Crippen molar-refractivity contribution in [2.24, 2.45) is 0 Å². The number of aromatic nitrogens is 1. The molecule has 1 atom stereocenters. The van der Waals surface area contributed by atoms with Crippen molar-refractivity contribution in [3.63, 3.8) is 0 Å². The molecule has 1 aromatic heterocycles. The van der Waals surface area contributed by atoms with Crippen molar-refractivity contribution in [3.8, 4) is 0 Å². The summed E-state index contributed by atoms with van der Waals surface area (Å²) < 4.78 is 0. The molecule has 5 heteroatoms. The summed E-state index contributed by atoms with van der Waals surface area (Å²) in [5.41, 5.74) is -0.717. The first kappa shape index (κ1) is 12.3. The Bertz CT molecular complexity index is 395. The third-order valence-electron chi connectivity index (χ3n) is 2.51. The van der Waals surface area contributed by atoms with Gasteiger partial charge in [-0.15, -0.1) is 0 Å². The third-order valence-corrected chi connectivity index (χ3v) is 3.00.